The molecule has 4 heteroatoms. The van der Waals surface area contributed by atoms with Crippen LogP contribution < -0.4 is 0 Å². The van der Waals surface area contributed by atoms with E-state index in [9.17, 15) is 9.59 Å². The molecule has 4 nitrogen and oxygen atoms in total. The summed E-state index contributed by atoms with van der Waals surface area (Å²) in [7, 11) is 0. The summed E-state index contributed by atoms with van der Waals surface area (Å²) in [5.41, 5.74) is 0. The minimum atomic E-state index is -0.147. The van der Waals surface area contributed by atoms with Crippen molar-refractivity contribution in [1.82, 2.24) is 0 Å². The van der Waals surface area contributed by atoms with Gasteiger partial charge in [-0.25, -0.2) is 0 Å². The van der Waals surface area contributed by atoms with Crippen molar-refractivity contribution in [1.29, 1.82) is 0 Å². The van der Waals surface area contributed by atoms with Gasteiger partial charge in [0.1, 0.15) is 0 Å². The molecule has 0 unspecified atom stereocenters. The van der Waals surface area contributed by atoms with Crippen molar-refractivity contribution in [2.45, 2.75) is 117 Å². The number of rotatable bonds is 13. The Hall–Kier alpha value is -1.32. The minimum absolute atomic E-state index is 0.123. The highest BCUT2D eigenvalue weighted by Crippen LogP contribution is 2.25. The summed E-state index contributed by atoms with van der Waals surface area (Å²) in [6.07, 6.45) is 21.6. The fourth-order valence-corrected chi connectivity index (χ4v) is 3.34. The summed E-state index contributed by atoms with van der Waals surface area (Å²) in [5.74, 6) is 0.547. The number of carbonyl (C=O) groups is 2. The van der Waals surface area contributed by atoms with Crippen molar-refractivity contribution in [3.63, 3.8) is 0 Å². The van der Waals surface area contributed by atoms with Crippen LogP contribution in [0.4, 0.5) is 0 Å². The van der Waals surface area contributed by atoms with Gasteiger partial charge in [0.2, 0.25) is 0 Å². The van der Waals surface area contributed by atoms with Crippen LogP contribution in [0.2, 0.25) is 0 Å². The molecule has 1 saturated carbocycles. The first-order valence-corrected chi connectivity index (χ1v) is 11.6. The Balaban J connectivity index is 0.000000540. The van der Waals surface area contributed by atoms with Crippen molar-refractivity contribution in [3.8, 4) is 0 Å². The highest BCUT2D eigenvalue weighted by molar-refractivity contribution is 5.69. The van der Waals surface area contributed by atoms with Gasteiger partial charge in [0.05, 0.1) is 12.9 Å². The number of unbranched alkanes of at least 4 members (excludes halogenated alkanes) is 6. The molecule has 1 rings (SSSR count). The van der Waals surface area contributed by atoms with Gasteiger partial charge in [-0.2, -0.15) is 0 Å². The number of esters is 2. The zero-order chi connectivity index (χ0) is 20.9. The number of hydrogen-bond donors (Lipinski definition) is 0. The van der Waals surface area contributed by atoms with E-state index in [1.807, 2.05) is 13.0 Å². The summed E-state index contributed by atoms with van der Waals surface area (Å²) < 4.78 is 9.81. The van der Waals surface area contributed by atoms with Crippen LogP contribution in [0, 0.1) is 5.92 Å². The van der Waals surface area contributed by atoms with Gasteiger partial charge in [-0.1, -0.05) is 78.1 Å². The Kier molecular flexibility index (Phi) is 19.5. The molecule has 0 N–H and O–H groups in total. The van der Waals surface area contributed by atoms with Gasteiger partial charge in [-0.15, -0.1) is 0 Å². The first-order valence-electron chi connectivity index (χ1n) is 11.6. The molecule has 0 amide bonds. The maximum Gasteiger partial charge on any atom is 0.310 e. The van der Waals surface area contributed by atoms with Crippen LogP contribution in [-0.4, -0.2) is 18.5 Å². The molecule has 0 saturated heterocycles. The van der Waals surface area contributed by atoms with E-state index in [0.717, 1.165) is 25.2 Å². The van der Waals surface area contributed by atoms with E-state index in [2.05, 4.69) is 6.92 Å². The van der Waals surface area contributed by atoms with Gasteiger partial charge in [0, 0.05) is 13.3 Å². The summed E-state index contributed by atoms with van der Waals surface area (Å²) in [6, 6.07) is 0. The fourth-order valence-electron chi connectivity index (χ4n) is 3.34. The van der Waals surface area contributed by atoms with Gasteiger partial charge in [0.25, 0.3) is 0 Å². The molecule has 164 valence electrons. The molecule has 0 atom stereocenters. The second kappa shape index (κ2) is 20.4. The van der Waals surface area contributed by atoms with E-state index >= 15 is 0 Å². The largest absolute Gasteiger partial charge is 0.466 e. The molecule has 0 aromatic heterocycles. The van der Waals surface area contributed by atoms with E-state index in [-0.39, 0.29) is 11.9 Å². The average Bonchev–Trinajstić information content (AvgIpc) is 2.68. The molecular formula is C24H44O4. The molecule has 0 aromatic carbocycles. The Bertz CT molecular complexity index is 397. The summed E-state index contributed by atoms with van der Waals surface area (Å²) >= 11 is 0. The Morgan fingerprint density at radius 2 is 1.61 bits per heavy atom. The number of allylic oxidation sites excluding steroid dienone is 1. The van der Waals surface area contributed by atoms with E-state index < -0.39 is 0 Å². The van der Waals surface area contributed by atoms with Crippen LogP contribution in [0.1, 0.15) is 117 Å². The topological polar surface area (TPSA) is 52.6 Å². The number of carbonyl (C=O) groups excluding carboxylic acids is 2. The normalized spacial score (nSPS) is 14.4. The van der Waals surface area contributed by atoms with Gasteiger partial charge in [0.15, 0.2) is 0 Å². The number of ether oxygens (including phenoxy) is 2. The second-order valence-electron chi connectivity index (χ2n) is 7.80. The van der Waals surface area contributed by atoms with Crippen LogP contribution in [0.25, 0.3) is 0 Å². The van der Waals surface area contributed by atoms with Crippen molar-refractivity contribution in [3.05, 3.63) is 12.3 Å². The molecule has 1 fully saturated rings. The summed E-state index contributed by atoms with van der Waals surface area (Å²) in [5, 5.41) is 0. The third-order valence-electron chi connectivity index (χ3n) is 5.03. The van der Waals surface area contributed by atoms with Gasteiger partial charge < -0.3 is 9.47 Å². The third kappa shape index (κ3) is 19.4. The number of hydrogen-bond acceptors (Lipinski definition) is 4. The quantitative estimate of drug-likeness (QED) is 0.189. The third-order valence-corrected chi connectivity index (χ3v) is 5.03. The van der Waals surface area contributed by atoms with Gasteiger partial charge in [-0.05, 0) is 37.7 Å². The first-order chi connectivity index (χ1) is 13.6. The molecule has 0 heterocycles. The van der Waals surface area contributed by atoms with E-state index in [1.165, 1.54) is 77.6 Å². The molecule has 28 heavy (non-hydrogen) atoms. The monoisotopic (exact) mass is 396 g/mol. The maximum atomic E-state index is 11.0. The van der Waals surface area contributed by atoms with Crippen molar-refractivity contribution in [2.24, 2.45) is 5.92 Å². The van der Waals surface area contributed by atoms with Crippen LogP contribution in [0.15, 0.2) is 12.3 Å². The Morgan fingerprint density at radius 3 is 2.25 bits per heavy atom. The zero-order valence-electron chi connectivity index (χ0n) is 18.7. The molecule has 0 bridgehead atoms. The standard InChI is InChI=1S/C14H26O2.C10H18O2/c1-3-5-6-7-8-9-10-11-13-16-14(15)12-4-2;1-9(11)12-8-7-10-5-3-2-4-6-10/h11,13H,3-10,12H2,1-2H3;10H,2-8H2,1H3. The van der Waals surface area contributed by atoms with Crippen molar-refractivity contribution >= 4 is 11.9 Å². The van der Waals surface area contributed by atoms with Crippen molar-refractivity contribution < 1.29 is 19.1 Å². The molecule has 0 aromatic rings. The average molecular weight is 397 g/mol. The fraction of sp³-hybridized carbons (Fsp3) is 0.833. The first kappa shape index (κ1) is 26.7. The highest BCUT2D eigenvalue weighted by Gasteiger charge is 2.13. The van der Waals surface area contributed by atoms with Crippen LogP contribution in [0.5, 0.6) is 0 Å². The lowest BCUT2D eigenvalue weighted by Gasteiger charge is -2.20. The molecular weight excluding hydrogens is 352 g/mol. The van der Waals surface area contributed by atoms with E-state index in [4.69, 9.17) is 9.47 Å². The molecule has 1 aliphatic carbocycles. The predicted octanol–water partition coefficient (Wildman–Crippen LogP) is 7.11. The van der Waals surface area contributed by atoms with Crippen LogP contribution in [-0.2, 0) is 19.1 Å². The van der Waals surface area contributed by atoms with E-state index in [1.54, 1.807) is 6.26 Å². The van der Waals surface area contributed by atoms with Gasteiger partial charge in [-0.3, -0.25) is 9.59 Å². The lowest BCUT2D eigenvalue weighted by molar-refractivity contribution is -0.141. The predicted molar refractivity (Wildman–Crippen MR) is 116 cm³/mol. The van der Waals surface area contributed by atoms with Crippen LogP contribution in [0.3, 0.4) is 0 Å². The molecule has 0 aliphatic heterocycles. The SMILES string of the molecule is CC(=O)OCCC1CCCCC1.CCCCCCCCC=COC(=O)CCC. The Labute approximate surface area is 173 Å². The minimum Gasteiger partial charge on any atom is -0.466 e. The molecule has 0 radical (unpaired) electrons. The highest BCUT2D eigenvalue weighted by atomic mass is 16.5. The van der Waals surface area contributed by atoms with Gasteiger partial charge >= 0.3 is 11.9 Å². The Morgan fingerprint density at radius 1 is 0.929 bits per heavy atom. The second-order valence-corrected chi connectivity index (χ2v) is 7.80. The zero-order valence-corrected chi connectivity index (χ0v) is 18.7. The smallest absolute Gasteiger partial charge is 0.310 e. The molecule has 1 aliphatic rings. The molecule has 0 spiro atoms. The van der Waals surface area contributed by atoms with E-state index in [0.29, 0.717) is 13.0 Å². The van der Waals surface area contributed by atoms with Crippen LogP contribution >= 0.6 is 0 Å². The summed E-state index contributed by atoms with van der Waals surface area (Å²) in [4.78, 5) is 21.4. The van der Waals surface area contributed by atoms with Crippen molar-refractivity contribution in [2.75, 3.05) is 6.61 Å². The lowest BCUT2D eigenvalue weighted by Crippen LogP contribution is -2.10. The maximum absolute atomic E-state index is 11.0. The summed E-state index contributed by atoms with van der Waals surface area (Å²) in [6.45, 7) is 6.30. The lowest BCUT2D eigenvalue weighted by atomic mass is 9.87.